The van der Waals surface area contributed by atoms with Crippen molar-refractivity contribution in [1.29, 1.82) is 0 Å². The third-order valence-corrected chi connectivity index (χ3v) is 3.06. The Labute approximate surface area is 101 Å². The van der Waals surface area contributed by atoms with Crippen molar-refractivity contribution in [2.75, 3.05) is 31.1 Å². The van der Waals surface area contributed by atoms with Crippen LogP contribution in [0, 0.1) is 0 Å². The third kappa shape index (κ3) is 3.20. The number of nitrogens with one attached hydrogen (secondary N) is 1. The quantitative estimate of drug-likeness (QED) is 0.724. The minimum atomic E-state index is -0.746. The smallest absolute Gasteiger partial charge is 0.304 e. The Hall–Kier alpha value is -1.55. The molecular formula is C13H18N2O2. The number of carbonyl (C=O) groups is 1. The molecule has 2 N–H and O–H groups in total. The van der Waals surface area contributed by atoms with Crippen molar-refractivity contribution in [2.45, 2.75) is 12.8 Å². The molecule has 4 nitrogen and oxygen atoms in total. The van der Waals surface area contributed by atoms with Gasteiger partial charge < -0.3 is 15.3 Å². The van der Waals surface area contributed by atoms with Gasteiger partial charge in [0.15, 0.2) is 0 Å². The van der Waals surface area contributed by atoms with Crippen molar-refractivity contribution < 1.29 is 9.90 Å². The van der Waals surface area contributed by atoms with Crippen LogP contribution >= 0.6 is 0 Å². The summed E-state index contributed by atoms with van der Waals surface area (Å²) < 4.78 is 0. The average Bonchev–Trinajstić information content (AvgIpc) is 2.72. The van der Waals surface area contributed by atoms with Gasteiger partial charge in [-0.25, -0.2) is 0 Å². The van der Waals surface area contributed by atoms with Crippen LogP contribution in [0.5, 0.6) is 0 Å². The van der Waals surface area contributed by atoms with Crippen molar-refractivity contribution in [3.63, 3.8) is 0 Å². The molecule has 0 fully saturated rings. The van der Waals surface area contributed by atoms with E-state index in [1.54, 1.807) is 0 Å². The van der Waals surface area contributed by atoms with Crippen molar-refractivity contribution in [3.8, 4) is 0 Å². The molecule has 0 unspecified atom stereocenters. The molecule has 1 aliphatic heterocycles. The Kier molecular flexibility index (Phi) is 3.98. The van der Waals surface area contributed by atoms with Crippen LogP contribution in [0.2, 0.25) is 0 Å². The molecule has 0 atom stereocenters. The zero-order chi connectivity index (χ0) is 12.1. The molecule has 0 amide bonds. The maximum atomic E-state index is 10.3. The highest BCUT2D eigenvalue weighted by atomic mass is 16.4. The molecular weight excluding hydrogens is 216 g/mol. The van der Waals surface area contributed by atoms with Crippen LogP contribution in [0.15, 0.2) is 24.3 Å². The second kappa shape index (κ2) is 5.68. The van der Waals surface area contributed by atoms with Crippen molar-refractivity contribution in [1.82, 2.24) is 5.32 Å². The van der Waals surface area contributed by atoms with Gasteiger partial charge in [0.1, 0.15) is 0 Å². The molecule has 0 radical (unpaired) electrons. The maximum Gasteiger partial charge on any atom is 0.304 e. The van der Waals surface area contributed by atoms with Crippen molar-refractivity contribution >= 4 is 11.7 Å². The molecule has 0 saturated heterocycles. The molecule has 92 valence electrons. The predicted octanol–water partition coefficient (Wildman–Crippen LogP) is 1.11. The van der Waals surface area contributed by atoms with Crippen molar-refractivity contribution in [3.05, 3.63) is 29.8 Å². The van der Waals surface area contributed by atoms with Crippen molar-refractivity contribution in [2.24, 2.45) is 0 Å². The summed E-state index contributed by atoms with van der Waals surface area (Å²) in [5.74, 6) is -0.746. The van der Waals surface area contributed by atoms with E-state index in [0.717, 1.165) is 26.1 Å². The Balaban J connectivity index is 1.73. The van der Waals surface area contributed by atoms with E-state index < -0.39 is 5.97 Å². The summed E-state index contributed by atoms with van der Waals surface area (Å²) >= 11 is 0. The molecule has 0 saturated carbocycles. The van der Waals surface area contributed by atoms with E-state index in [1.807, 2.05) is 0 Å². The molecule has 1 aliphatic rings. The topological polar surface area (TPSA) is 52.6 Å². The average molecular weight is 234 g/mol. The molecule has 0 aromatic heterocycles. The summed E-state index contributed by atoms with van der Waals surface area (Å²) in [6, 6.07) is 8.47. The highest BCUT2D eigenvalue weighted by Crippen LogP contribution is 2.26. The van der Waals surface area contributed by atoms with E-state index in [2.05, 4.69) is 34.5 Å². The largest absolute Gasteiger partial charge is 0.481 e. The monoisotopic (exact) mass is 234 g/mol. The highest BCUT2D eigenvalue weighted by molar-refractivity contribution is 5.66. The summed E-state index contributed by atoms with van der Waals surface area (Å²) in [6.45, 7) is 3.39. The first-order valence-corrected chi connectivity index (χ1v) is 6.03. The minimum absolute atomic E-state index is 0.191. The number of carboxylic acids is 1. The first-order valence-electron chi connectivity index (χ1n) is 6.03. The maximum absolute atomic E-state index is 10.3. The number of carboxylic acid groups (broad SMARTS) is 1. The number of hydrogen-bond donors (Lipinski definition) is 2. The molecule has 0 bridgehead atoms. The first kappa shape index (κ1) is 11.9. The molecule has 17 heavy (non-hydrogen) atoms. The molecule has 1 aromatic carbocycles. The summed E-state index contributed by atoms with van der Waals surface area (Å²) in [6.07, 6.45) is 1.31. The van der Waals surface area contributed by atoms with Gasteiger partial charge in [-0.2, -0.15) is 0 Å². The molecule has 1 heterocycles. The van der Waals surface area contributed by atoms with E-state index in [-0.39, 0.29) is 6.42 Å². The number of para-hydroxylation sites is 1. The van der Waals surface area contributed by atoms with Gasteiger partial charge in [0, 0.05) is 31.9 Å². The summed E-state index contributed by atoms with van der Waals surface area (Å²) in [4.78, 5) is 12.7. The van der Waals surface area contributed by atoms with E-state index in [0.29, 0.717) is 6.54 Å². The fraction of sp³-hybridized carbons (Fsp3) is 0.462. The highest BCUT2D eigenvalue weighted by Gasteiger charge is 2.17. The first-order chi connectivity index (χ1) is 8.27. The fourth-order valence-corrected chi connectivity index (χ4v) is 2.17. The lowest BCUT2D eigenvalue weighted by molar-refractivity contribution is -0.136. The Morgan fingerprint density at radius 1 is 1.35 bits per heavy atom. The van der Waals surface area contributed by atoms with E-state index in [9.17, 15) is 4.79 Å². The van der Waals surface area contributed by atoms with Gasteiger partial charge in [0.05, 0.1) is 6.42 Å². The normalized spacial score (nSPS) is 13.8. The lowest BCUT2D eigenvalue weighted by Gasteiger charge is -2.19. The van der Waals surface area contributed by atoms with Gasteiger partial charge >= 0.3 is 5.97 Å². The van der Waals surface area contributed by atoms with Crippen LogP contribution in [0.4, 0.5) is 5.69 Å². The number of hydrogen-bond acceptors (Lipinski definition) is 3. The molecule has 1 aromatic rings. The Morgan fingerprint density at radius 3 is 3.00 bits per heavy atom. The van der Waals surface area contributed by atoms with Gasteiger partial charge in [-0.3, -0.25) is 4.79 Å². The number of rotatable bonds is 6. The summed E-state index contributed by atoms with van der Waals surface area (Å²) in [5.41, 5.74) is 2.74. The SMILES string of the molecule is O=C(O)CCNCCN1CCc2ccccc21. The zero-order valence-corrected chi connectivity index (χ0v) is 9.85. The minimum Gasteiger partial charge on any atom is -0.481 e. The standard InChI is InChI=1S/C13H18N2O2/c16-13(17)5-7-14-8-10-15-9-6-11-3-1-2-4-12(11)15/h1-4,14H,5-10H2,(H,16,17). The Bertz CT molecular complexity index is 393. The van der Waals surface area contributed by atoms with Crippen LogP contribution in [0.1, 0.15) is 12.0 Å². The molecule has 0 spiro atoms. The van der Waals surface area contributed by atoms with Crippen LogP contribution in [-0.2, 0) is 11.2 Å². The lowest BCUT2D eigenvalue weighted by atomic mass is 10.2. The van der Waals surface area contributed by atoms with Gasteiger partial charge in [0.25, 0.3) is 0 Å². The second-order valence-electron chi connectivity index (χ2n) is 4.26. The number of nitrogens with zero attached hydrogens (tertiary/aromatic N) is 1. The van der Waals surface area contributed by atoms with Gasteiger partial charge in [-0.05, 0) is 18.1 Å². The third-order valence-electron chi connectivity index (χ3n) is 3.06. The van der Waals surface area contributed by atoms with E-state index in [4.69, 9.17) is 5.11 Å². The summed E-state index contributed by atoms with van der Waals surface area (Å²) in [7, 11) is 0. The fourth-order valence-electron chi connectivity index (χ4n) is 2.17. The van der Waals surface area contributed by atoms with Crippen LogP contribution in [0.3, 0.4) is 0 Å². The zero-order valence-electron chi connectivity index (χ0n) is 9.85. The van der Waals surface area contributed by atoms with E-state index in [1.165, 1.54) is 11.3 Å². The number of anilines is 1. The van der Waals surface area contributed by atoms with E-state index >= 15 is 0 Å². The number of benzene rings is 1. The molecule has 4 heteroatoms. The lowest BCUT2D eigenvalue weighted by Crippen LogP contribution is -2.31. The van der Waals surface area contributed by atoms with Crippen LogP contribution < -0.4 is 10.2 Å². The Morgan fingerprint density at radius 2 is 2.18 bits per heavy atom. The van der Waals surface area contributed by atoms with Gasteiger partial charge in [-0.15, -0.1) is 0 Å². The van der Waals surface area contributed by atoms with Crippen LogP contribution in [-0.4, -0.2) is 37.3 Å². The summed E-state index contributed by atoms with van der Waals surface area (Å²) in [5, 5.41) is 11.7. The molecule has 0 aliphatic carbocycles. The second-order valence-corrected chi connectivity index (χ2v) is 4.26. The predicted molar refractivity (Wildman–Crippen MR) is 67.5 cm³/mol. The van der Waals surface area contributed by atoms with Gasteiger partial charge in [0.2, 0.25) is 0 Å². The van der Waals surface area contributed by atoms with Crippen LogP contribution in [0.25, 0.3) is 0 Å². The van der Waals surface area contributed by atoms with Gasteiger partial charge in [-0.1, -0.05) is 18.2 Å². The number of aliphatic carboxylic acids is 1. The molecule has 2 rings (SSSR count). The number of fused-ring (bicyclic) bond motifs is 1.